The number of likely N-dealkylation sites (N-methyl/N-ethyl adjacent to an activating group) is 1. The van der Waals surface area contributed by atoms with Crippen LogP contribution in [0.3, 0.4) is 0 Å². The van der Waals surface area contributed by atoms with Crippen LogP contribution in [0, 0.1) is 0 Å². The summed E-state index contributed by atoms with van der Waals surface area (Å²) in [7, 11) is 0. The van der Waals surface area contributed by atoms with Crippen LogP contribution in [0.25, 0.3) is 0 Å². The van der Waals surface area contributed by atoms with E-state index in [1.54, 1.807) is 0 Å². The van der Waals surface area contributed by atoms with Crippen molar-refractivity contribution < 1.29 is 9.63 Å². The molecule has 0 heterocycles. The van der Waals surface area contributed by atoms with Gasteiger partial charge in [-0.2, -0.15) is 0 Å². The molecule has 12 heavy (non-hydrogen) atoms. The summed E-state index contributed by atoms with van der Waals surface area (Å²) in [5.41, 5.74) is 2.02. The minimum Gasteiger partial charge on any atom is -0.309 e. The molecule has 0 radical (unpaired) electrons. The molecule has 72 valence electrons. The Morgan fingerprint density at radius 1 is 1.42 bits per heavy atom. The standard InChI is InChI=1S/C8H18N2O2/c1-5-9-6-7(11)10-12-8(2,3)4/h9H,5-6H2,1-4H3,(H,10,11). The first-order chi connectivity index (χ1) is 5.45. The van der Waals surface area contributed by atoms with Crippen molar-refractivity contribution in [3.8, 4) is 0 Å². The number of hydroxylamine groups is 1. The zero-order chi connectivity index (χ0) is 9.61. The van der Waals surface area contributed by atoms with Crippen LogP contribution >= 0.6 is 0 Å². The van der Waals surface area contributed by atoms with Crippen molar-refractivity contribution in [2.45, 2.75) is 33.3 Å². The van der Waals surface area contributed by atoms with Crippen molar-refractivity contribution in [3.05, 3.63) is 0 Å². The van der Waals surface area contributed by atoms with E-state index >= 15 is 0 Å². The molecule has 0 aromatic rings. The summed E-state index contributed by atoms with van der Waals surface area (Å²) in [6, 6.07) is 0. The lowest BCUT2D eigenvalue weighted by atomic mass is 10.2. The third-order valence-corrected chi connectivity index (χ3v) is 1.01. The van der Waals surface area contributed by atoms with Crippen molar-refractivity contribution in [1.82, 2.24) is 10.8 Å². The van der Waals surface area contributed by atoms with E-state index in [1.807, 2.05) is 27.7 Å². The first-order valence-corrected chi connectivity index (χ1v) is 4.13. The third kappa shape index (κ3) is 7.50. The normalized spacial score (nSPS) is 11.3. The number of carbonyl (C=O) groups is 1. The van der Waals surface area contributed by atoms with Gasteiger partial charge in [-0.3, -0.25) is 9.63 Å². The Hall–Kier alpha value is -0.610. The summed E-state index contributed by atoms with van der Waals surface area (Å²) in [5, 5.41) is 2.89. The van der Waals surface area contributed by atoms with Crippen molar-refractivity contribution in [2.24, 2.45) is 0 Å². The summed E-state index contributed by atoms with van der Waals surface area (Å²) in [4.78, 5) is 16.0. The number of hydrogen-bond acceptors (Lipinski definition) is 3. The highest BCUT2D eigenvalue weighted by atomic mass is 16.7. The number of carbonyl (C=O) groups excluding carboxylic acids is 1. The number of rotatable bonds is 4. The van der Waals surface area contributed by atoms with Crippen molar-refractivity contribution in [2.75, 3.05) is 13.1 Å². The first-order valence-electron chi connectivity index (χ1n) is 4.13. The second kappa shape index (κ2) is 5.11. The highest BCUT2D eigenvalue weighted by Crippen LogP contribution is 2.02. The third-order valence-electron chi connectivity index (χ3n) is 1.01. The van der Waals surface area contributed by atoms with E-state index in [2.05, 4.69) is 10.8 Å². The maximum Gasteiger partial charge on any atom is 0.257 e. The van der Waals surface area contributed by atoms with Gasteiger partial charge in [-0.05, 0) is 27.3 Å². The molecule has 0 bridgehead atoms. The predicted octanol–water partition coefficient (Wildman–Crippen LogP) is 0.442. The van der Waals surface area contributed by atoms with E-state index in [9.17, 15) is 4.79 Å². The molecule has 1 amide bonds. The van der Waals surface area contributed by atoms with Crippen molar-refractivity contribution in [1.29, 1.82) is 0 Å². The predicted molar refractivity (Wildman–Crippen MR) is 47.5 cm³/mol. The van der Waals surface area contributed by atoms with E-state index in [4.69, 9.17) is 4.84 Å². The minimum absolute atomic E-state index is 0.147. The molecular formula is C8H18N2O2. The van der Waals surface area contributed by atoms with Gasteiger partial charge in [0.1, 0.15) is 0 Å². The van der Waals surface area contributed by atoms with Crippen LogP contribution in [0.5, 0.6) is 0 Å². The largest absolute Gasteiger partial charge is 0.309 e. The summed E-state index contributed by atoms with van der Waals surface area (Å²) in [6.45, 7) is 8.65. The monoisotopic (exact) mass is 174 g/mol. The Bertz CT molecular complexity index is 140. The maximum absolute atomic E-state index is 11.0. The molecule has 0 aliphatic carbocycles. The SMILES string of the molecule is CCNCC(=O)NOC(C)(C)C. The lowest BCUT2D eigenvalue weighted by molar-refractivity contribution is -0.144. The average molecular weight is 174 g/mol. The van der Waals surface area contributed by atoms with Gasteiger partial charge in [-0.15, -0.1) is 0 Å². The first kappa shape index (κ1) is 11.4. The van der Waals surface area contributed by atoms with E-state index in [-0.39, 0.29) is 11.5 Å². The number of nitrogens with one attached hydrogen (secondary N) is 2. The number of hydrogen-bond donors (Lipinski definition) is 2. The maximum atomic E-state index is 11.0. The molecule has 4 nitrogen and oxygen atoms in total. The van der Waals surface area contributed by atoms with Gasteiger partial charge in [0, 0.05) is 0 Å². The molecule has 0 rings (SSSR count). The molecule has 0 aliphatic heterocycles. The summed E-state index contributed by atoms with van der Waals surface area (Å²) in [6.07, 6.45) is 0. The Morgan fingerprint density at radius 2 is 2.00 bits per heavy atom. The smallest absolute Gasteiger partial charge is 0.257 e. The van der Waals surface area contributed by atoms with Gasteiger partial charge in [0.2, 0.25) is 0 Å². The van der Waals surface area contributed by atoms with Crippen LogP contribution < -0.4 is 10.8 Å². The molecule has 0 saturated heterocycles. The Kier molecular flexibility index (Phi) is 4.85. The minimum atomic E-state index is -0.331. The summed E-state index contributed by atoms with van der Waals surface area (Å²) in [5.74, 6) is -0.147. The topological polar surface area (TPSA) is 50.4 Å². The lowest BCUT2D eigenvalue weighted by Gasteiger charge is -2.18. The van der Waals surface area contributed by atoms with Crippen molar-refractivity contribution >= 4 is 5.91 Å². The van der Waals surface area contributed by atoms with E-state index in [0.29, 0.717) is 6.54 Å². The fraction of sp³-hybridized carbons (Fsp3) is 0.875. The van der Waals surface area contributed by atoms with Gasteiger partial charge in [-0.1, -0.05) is 6.92 Å². The molecule has 0 fully saturated rings. The second-order valence-corrected chi connectivity index (χ2v) is 3.52. The fourth-order valence-corrected chi connectivity index (χ4v) is 0.485. The lowest BCUT2D eigenvalue weighted by Crippen LogP contribution is -2.38. The summed E-state index contributed by atoms with van der Waals surface area (Å²) < 4.78 is 0. The van der Waals surface area contributed by atoms with Gasteiger partial charge in [0.05, 0.1) is 12.1 Å². The molecule has 4 heteroatoms. The Labute approximate surface area is 73.6 Å². The van der Waals surface area contributed by atoms with E-state index < -0.39 is 0 Å². The van der Waals surface area contributed by atoms with Gasteiger partial charge in [-0.25, -0.2) is 5.48 Å². The van der Waals surface area contributed by atoms with Crippen LogP contribution in [0.1, 0.15) is 27.7 Å². The fourth-order valence-electron chi connectivity index (χ4n) is 0.485. The Morgan fingerprint density at radius 3 is 2.42 bits per heavy atom. The molecule has 0 saturated carbocycles. The van der Waals surface area contributed by atoms with Gasteiger partial charge < -0.3 is 5.32 Å². The molecule has 0 unspecified atom stereocenters. The molecule has 2 N–H and O–H groups in total. The van der Waals surface area contributed by atoms with Crippen molar-refractivity contribution in [3.63, 3.8) is 0 Å². The van der Waals surface area contributed by atoms with Crippen LogP contribution in [0.15, 0.2) is 0 Å². The molecule has 0 aromatic carbocycles. The van der Waals surface area contributed by atoms with Crippen LogP contribution in [0.2, 0.25) is 0 Å². The molecule has 0 atom stereocenters. The van der Waals surface area contributed by atoms with E-state index in [0.717, 1.165) is 6.54 Å². The highest BCUT2D eigenvalue weighted by Gasteiger charge is 2.11. The molecule has 0 aliphatic rings. The zero-order valence-electron chi connectivity index (χ0n) is 8.23. The van der Waals surface area contributed by atoms with Gasteiger partial charge in [0.25, 0.3) is 5.91 Å². The van der Waals surface area contributed by atoms with Gasteiger partial charge >= 0.3 is 0 Å². The van der Waals surface area contributed by atoms with Gasteiger partial charge in [0.15, 0.2) is 0 Å². The van der Waals surface area contributed by atoms with Crippen LogP contribution in [-0.2, 0) is 9.63 Å². The average Bonchev–Trinajstić information content (AvgIpc) is 1.95. The number of amides is 1. The van der Waals surface area contributed by atoms with E-state index in [1.165, 1.54) is 0 Å². The zero-order valence-corrected chi connectivity index (χ0v) is 8.23. The summed E-state index contributed by atoms with van der Waals surface area (Å²) >= 11 is 0. The molecular weight excluding hydrogens is 156 g/mol. The molecule has 0 spiro atoms. The Balaban J connectivity index is 3.44. The highest BCUT2D eigenvalue weighted by molar-refractivity contribution is 5.76. The van der Waals surface area contributed by atoms with Crippen LogP contribution in [-0.4, -0.2) is 24.6 Å². The van der Waals surface area contributed by atoms with Crippen LogP contribution in [0.4, 0.5) is 0 Å². The quantitative estimate of drug-likeness (QED) is 0.608. The molecule has 0 aromatic heterocycles. The second-order valence-electron chi connectivity index (χ2n) is 3.52.